The average Bonchev–Trinajstić information content (AvgIpc) is 2.34. The lowest BCUT2D eigenvalue weighted by Crippen LogP contribution is -2.37. The van der Waals surface area contributed by atoms with Gasteiger partial charge in [0.05, 0.1) is 11.0 Å². The summed E-state index contributed by atoms with van der Waals surface area (Å²) >= 11 is 0. The van der Waals surface area contributed by atoms with Crippen LogP contribution in [0.3, 0.4) is 0 Å². The van der Waals surface area contributed by atoms with Crippen molar-refractivity contribution in [3.63, 3.8) is 0 Å². The number of carbonyl (C=O) groups excluding carboxylic acids is 1. The number of nitro groups is 1. The van der Waals surface area contributed by atoms with Crippen LogP contribution in [0.5, 0.6) is 0 Å². The Kier molecular flexibility index (Phi) is 4.59. The van der Waals surface area contributed by atoms with Crippen molar-refractivity contribution < 1.29 is 9.72 Å². The van der Waals surface area contributed by atoms with Gasteiger partial charge in [-0.3, -0.25) is 14.9 Å². The lowest BCUT2D eigenvalue weighted by atomic mass is 10.0. The van der Waals surface area contributed by atoms with Crippen LogP contribution in [0.25, 0.3) is 0 Å². The fourth-order valence-electron chi connectivity index (χ4n) is 1.77. The van der Waals surface area contributed by atoms with E-state index in [9.17, 15) is 14.9 Å². The predicted molar refractivity (Wildman–Crippen MR) is 69.6 cm³/mol. The summed E-state index contributed by atoms with van der Waals surface area (Å²) in [7, 11) is 0. The number of nitriles is 1. The Labute approximate surface area is 111 Å². The van der Waals surface area contributed by atoms with Crippen molar-refractivity contribution in [1.82, 2.24) is 4.90 Å². The SMILES string of the molecule is Cc1c(C(=O)N(CC#N)C(C)C)cccc1[N+](=O)[O-]. The van der Waals surface area contributed by atoms with Gasteiger partial charge in [0.15, 0.2) is 0 Å². The van der Waals surface area contributed by atoms with Crippen LogP contribution in [0.1, 0.15) is 29.8 Å². The van der Waals surface area contributed by atoms with Gasteiger partial charge in [0.2, 0.25) is 0 Å². The maximum Gasteiger partial charge on any atom is 0.273 e. The summed E-state index contributed by atoms with van der Waals surface area (Å²) in [6, 6.07) is 6.15. The van der Waals surface area contributed by atoms with E-state index in [1.807, 2.05) is 6.07 Å². The fraction of sp³-hybridized carbons (Fsp3) is 0.385. The normalized spacial score (nSPS) is 10.1. The van der Waals surface area contributed by atoms with Gasteiger partial charge >= 0.3 is 0 Å². The van der Waals surface area contributed by atoms with Crippen LogP contribution in [0.4, 0.5) is 5.69 Å². The number of carbonyl (C=O) groups is 1. The molecular weight excluding hydrogens is 246 g/mol. The molecule has 0 aliphatic heterocycles. The summed E-state index contributed by atoms with van der Waals surface area (Å²) in [5, 5.41) is 19.6. The van der Waals surface area contributed by atoms with Crippen LogP contribution >= 0.6 is 0 Å². The molecule has 0 fully saturated rings. The van der Waals surface area contributed by atoms with Gasteiger partial charge in [0.25, 0.3) is 11.6 Å². The standard InChI is InChI=1S/C13H15N3O3/c1-9(2)15(8-7-14)13(17)11-5-4-6-12(10(11)3)16(18)19/h4-6,9H,8H2,1-3H3. The molecule has 1 aromatic rings. The van der Waals surface area contributed by atoms with E-state index in [2.05, 4.69) is 0 Å². The van der Waals surface area contributed by atoms with Crippen molar-refractivity contribution in [3.05, 3.63) is 39.4 Å². The van der Waals surface area contributed by atoms with Crippen LogP contribution in [-0.4, -0.2) is 28.3 Å². The van der Waals surface area contributed by atoms with E-state index in [1.54, 1.807) is 13.8 Å². The van der Waals surface area contributed by atoms with E-state index in [1.165, 1.54) is 30.0 Å². The van der Waals surface area contributed by atoms with Gasteiger partial charge < -0.3 is 4.90 Å². The molecule has 0 saturated heterocycles. The molecule has 0 aromatic heterocycles. The highest BCUT2D eigenvalue weighted by Gasteiger charge is 2.23. The Morgan fingerprint density at radius 2 is 2.16 bits per heavy atom. The molecule has 0 atom stereocenters. The van der Waals surface area contributed by atoms with E-state index in [0.717, 1.165) is 0 Å². The molecule has 1 rings (SSSR count). The van der Waals surface area contributed by atoms with Crippen LogP contribution in [0.15, 0.2) is 18.2 Å². The van der Waals surface area contributed by atoms with E-state index < -0.39 is 4.92 Å². The highest BCUT2D eigenvalue weighted by molar-refractivity contribution is 5.96. The highest BCUT2D eigenvalue weighted by Crippen LogP contribution is 2.22. The molecule has 100 valence electrons. The summed E-state index contributed by atoms with van der Waals surface area (Å²) in [5.41, 5.74) is 0.491. The van der Waals surface area contributed by atoms with Gasteiger partial charge in [0.1, 0.15) is 6.54 Å². The molecular formula is C13H15N3O3. The third-order valence-electron chi connectivity index (χ3n) is 2.86. The van der Waals surface area contributed by atoms with Crippen molar-refractivity contribution in [2.45, 2.75) is 26.8 Å². The number of hydrogen-bond acceptors (Lipinski definition) is 4. The Morgan fingerprint density at radius 1 is 1.53 bits per heavy atom. The van der Waals surface area contributed by atoms with Crippen LogP contribution in [0, 0.1) is 28.4 Å². The minimum absolute atomic E-state index is 0.0430. The Balaban J connectivity index is 3.23. The van der Waals surface area contributed by atoms with Crippen molar-refractivity contribution in [3.8, 4) is 6.07 Å². The third kappa shape index (κ3) is 3.07. The third-order valence-corrected chi connectivity index (χ3v) is 2.86. The van der Waals surface area contributed by atoms with Crippen molar-refractivity contribution in [1.29, 1.82) is 5.26 Å². The first-order valence-electron chi connectivity index (χ1n) is 5.82. The topological polar surface area (TPSA) is 87.2 Å². The first kappa shape index (κ1) is 14.6. The maximum atomic E-state index is 12.3. The Hall–Kier alpha value is -2.42. The molecule has 1 aromatic carbocycles. The van der Waals surface area contributed by atoms with Gasteiger partial charge in [-0.2, -0.15) is 5.26 Å². The quantitative estimate of drug-likeness (QED) is 0.472. The van der Waals surface area contributed by atoms with E-state index >= 15 is 0 Å². The molecule has 0 spiro atoms. The maximum absolute atomic E-state index is 12.3. The number of hydrogen-bond donors (Lipinski definition) is 0. The van der Waals surface area contributed by atoms with E-state index in [-0.39, 0.29) is 29.7 Å². The number of amides is 1. The van der Waals surface area contributed by atoms with E-state index in [4.69, 9.17) is 5.26 Å². The minimum atomic E-state index is -0.518. The first-order valence-corrected chi connectivity index (χ1v) is 5.82. The molecule has 0 aliphatic carbocycles. The smallest absolute Gasteiger partial charge is 0.273 e. The summed E-state index contributed by atoms with van der Waals surface area (Å²) in [4.78, 5) is 24.0. The fourth-order valence-corrected chi connectivity index (χ4v) is 1.77. The predicted octanol–water partition coefficient (Wildman–Crippen LogP) is 2.28. The van der Waals surface area contributed by atoms with E-state index in [0.29, 0.717) is 5.56 Å². The number of benzene rings is 1. The first-order chi connectivity index (χ1) is 8.90. The largest absolute Gasteiger partial charge is 0.323 e. The molecule has 19 heavy (non-hydrogen) atoms. The Morgan fingerprint density at radius 3 is 2.63 bits per heavy atom. The second-order valence-electron chi connectivity index (χ2n) is 4.39. The number of nitrogens with zero attached hydrogens (tertiary/aromatic N) is 3. The molecule has 0 radical (unpaired) electrons. The molecule has 0 heterocycles. The van der Waals surface area contributed by atoms with Crippen LogP contribution in [-0.2, 0) is 0 Å². The summed E-state index contributed by atoms with van der Waals surface area (Å²) in [6.07, 6.45) is 0. The van der Waals surface area contributed by atoms with Crippen LogP contribution in [0.2, 0.25) is 0 Å². The zero-order chi connectivity index (χ0) is 14.6. The van der Waals surface area contributed by atoms with Crippen molar-refractivity contribution >= 4 is 11.6 Å². The molecule has 0 N–H and O–H groups in total. The average molecular weight is 261 g/mol. The van der Waals surface area contributed by atoms with Crippen LogP contribution < -0.4 is 0 Å². The lowest BCUT2D eigenvalue weighted by molar-refractivity contribution is -0.385. The molecule has 0 unspecified atom stereocenters. The molecule has 6 heteroatoms. The zero-order valence-electron chi connectivity index (χ0n) is 11.1. The van der Waals surface area contributed by atoms with Gasteiger partial charge in [-0.25, -0.2) is 0 Å². The minimum Gasteiger partial charge on any atom is -0.323 e. The lowest BCUT2D eigenvalue weighted by Gasteiger charge is -2.24. The summed E-state index contributed by atoms with van der Waals surface area (Å²) in [5.74, 6) is -0.363. The van der Waals surface area contributed by atoms with Gasteiger partial charge in [-0.05, 0) is 26.8 Å². The Bertz CT molecular complexity index is 547. The molecule has 0 bridgehead atoms. The summed E-state index contributed by atoms with van der Waals surface area (Å²) in [6.45, 7) is 5.08. The zero-order valence-corrected chi connectivity index (χ0v) is 11.1. The second-order valence-corrected chi connectivity index (χ2v) is 4.39. The van der Waals surface area contributed by atoms with Gasteiger partial charge in [-0.1, -0.05) is 6.07 Å². The van der Waals surface area contributed by atoms with Gasteiger partial charge in [0, 0.05) is 23.2 Å². The monoisotopic (exact) mass is 261 g/mol. The van der Waals surface area contributed by atoms with Crippen molar-refractivity contribution in [2.75, 3.05) is 6.54 Å². The second kappa shape index (κ2) is 5.96. The molecule has 6 nitrogen and oxygen atoms in total. The highest BCUT2D eigenvalue weighted by atomic mass is 16.6. The number of nitro benzene ring substituents is 1. The number of rotatable bonds is 4. The molecule has 0 saturated carbocycles. The summed E-state index contributed by atoms with van der Waals surface area (Å²) < 4.78 is 0. The van der Waals surface area contributed by atoms with Crippen molar-refractivity contribution in [2.24, 2.45) is 0 Å². The van der Waals surface area contributed by atoms with Gasteiger partial charge in [-0.15, -0.1) is 0 Å². The molecule has 0 aliphatic rings. The molecule has 1 amide bonds.